The van der Waals surface area contributed by atoms with Gasteiger partial charge in [0.05, 0.1) is 17.3 Å². The Hall–Kier alpha value is -3.28. The van der Waals surface area contributed by atoms with Crippen molar-refractivity contribution in [2.45, 2.75) is 25.8 Å². The van der Waals surface area contributed by atoms with Crippen LogP contribution in [0.1, 0.15) is 35.7 Å². The highest BCUT2D eigenvalue weighted by molar-refractivity contribution is 5.99. The number of rotatable bonds is 1. The number of fused-ring (bicyclic) bond motifs is 2. The van der Waals surface area contributed by atoms with Crippen LogP contribution in [0, 0.1) is 6.92 Å². The number of benzene rings is 2. The number of carbonyl (C=O) groups is 2. The largest absolute Gasteiger partial charge is 0.330 e. The minimum absolute atomic E-state index is 0.0434. The van der Waals surface area contributed by atoms with Gasteiger partial charge >= 0.3 is 12.1 Å². The minimum atomic E-state index is -0.284. The molecule has 0 saturated heterocycles. The first-order valence-corrected chi connectivity index (χ1v) is 10.2. The molecule has 1 aliphatic heterocycles. The molecule has 2 unspecified atom stereocenters. The Morgan fingerprint density at radius 1 is 0.867 bits per heavy atom. The van der Waals surface area contributed by atoms with Crippen LogP contribution in [0.4, 0.5) is 15.3 Å². The van der Waals surface area contributed by atoms with Gasteiger partial charge in [0.2, 0.25) is 0 Å². The average molecular weight is 405 g/mol. The molecule has 2 aromatic carbocycles. The zero-order valence-corrected chi connectivity index (χ0v) is 18.4. The summed E-state index contributed by atoms with van der Waals surface area (Å²) in [5.74, 6) is 0.0434. The van der Waals surface area contributed by atoms with Gasteiger partial charge in [-0.2, -0.15) is 0 Å². The molecule has 156 valence electrons. The molecule has 1 aliphatic rings. The summed E-state index contributed by atoms with van der Waals surface area (Å²) in [5.41, 5.74) is 4.79. The quantitative estimate of drug-likeness (QED) is 0.583. The first kappa shape index (κ1) is 20.0. The van der Waals surface area contributed by atoms with Crippen LogP contribution in [0.2, 0.25) is 0 Å². The zero-order valence-electron chi connectivity index (χ0n) is 18.4. The van der Waals surface area contributed by atoms with Crippen molar-refractivity contribution in [3.63, 3.8) is 0 Å². The Bertz CT molecular complexity index is 1150. The fraction of sp³-hybridized carbons (Fsp3) is 0.333. The number of aryl methyl sites for hydroxylation is 1. The van der Waals surface area contributed by atoms with E-state index in [-0.39, 0.29) is 24.0 Å². The second-order valence-corrected chi connectivity index (χ2v) is 8.38. The smallest absolute Gasteiger partial charge is 0.328 e. The average Bonchev–Trinajstić information content (AvgIpc) is 3.18. The molecule has 0 aliphatic carbocycles. The molecule has 0 saturated carbocycles. The molecule has 6 nitrogen and oxygen atoms in total. The highest BCUT2D eigenvalue weighted by Gasteiger charge is 2.44. The summed E-state index contributed by atoms with van der Waals surface area (Å²) in [6, 6.07) is 15.5. The van der Waals surface area contributed by atoms with E-state index in [1.54, 1.807) is 42.6 Å². The molecule has 0 radical (unpaired) electrons. The van der Waals surface area contributed by atoms with E-state index in [0.717, 1.165) is 33.4 Å². The molecule has 3 aromatic rings. The minimum Gasteiger partial charge on any atom is -0.330 e. The van der Waals surface area contributed by atoms with Crippen molar-refractivity contribution in [2.75, 3.05) is 33.1 Å². The second kappa shape index (κ2) is 7.20. The van der Waals surface area contributed by atoms with Crippen molar-refractivity contribution in [1.82, 2.24) is 14.4 Å². The number of hydrogen-bond acceptors (Lipinski definition) is 2. The molecule has 0 spiro atoms. The van der Waals surface area contributed by atoms with Gasteiger partial charge in [0, 0.05) is 45.2 Å². The fourth-order valence-electron chi connectivity index (χ4n) is 4.61. The van der Waals surface area contributed by atoms with Crippen LogP contribution in [0.3, 0.4) is 0 Å². The van der Waals surface area contributed by atoms with Crippen LogP contribution in [0.5, 0.6) is 0 Å². The highest BCUT2D eigenvalue weighted by atomic mass is 16.2. The summed E-state index contributed by atoms with van der Waals surface area (Å²) < 4.78 is 1.79. The van der Waals surface area contributed by atoms with E-state index >= 15 is 0 Å². The third-order valence-electron chi connectivity index (χ3n) is 6.06. The molecule has 4 rings (SSSR count). The lowest BCUT2D eigenvalue weighted by molar-refractivity contribution is 0.216. The fourth-order valence-corrected chi connectivity index (χ4v) is 4.61. The van der Waals surface area contributed by atoms with E-state index in [4.69, 9.17) is 0 Å². The van der Waals surface area contributed by atoms with Crippen LogP contribution in [0.15, 0.2) is 48.5 Å². The summed E-state index contributed by atoms with van der Waals surface area (Å²) in [6.45, 7) is 4.18. The second-order valence-electron chi connectivity index (χ2n) is 8.38. The standard InChI is InChI=1S/C24H28N4O2/c1-15-17-11-7-9-13-19(17)27(23(29)25(3)4)21(15)22-16(2)18-12-8-10-14-20(18)28(22)24(30)26(5)6/h7-15,21H,1-6H3. The summed E-state index contributed by atoms with van der Waals surface area (Å²) >= 11 is 0. The molecule has 3 amide bonds. The van der Waals surface area contributed by atoms with Gasteiger partial charge in [0.15, 0.2) is 0 Å². The van der Waals surface area contributed by atoms with Gasteiger partial charge in [-0.25, -0.2) is 9.59 Å². The van der Waals surface area contributed by atoms with Crippen LogP contribution in [-0.2, 0) is 0 Å². The third kappa shape index (κ3) is 2.78. The Morgan fingerprint density at radius 2 is 1.47 bits per heavy atom. The Labute approximate surface area is 177 Å². The molecule has 2 atom stereocenters. The van der Waals surface area contributed by atoms with Gasteiger partial charge in [-0.15, -0.1) is 0 Å². The number of anilines is 1. The van der Waals surface area contributed by atoms with E-state index < -0.39 is 0 Å². The highest BCUT2D eigenvalue weighted by Crippen LogP contribution is 2.51. The summed E-state index contributed by atoms with van der Waals surface area (Å²) in [7, 11) is 7.04. The van der Waals surface area contributed by atoms with E-state index in [1.165, 1.54) is 0 Å². The van der Waals surface area contributed by atoms with Crippen molar-refractivity contribution in [2.24, 2.45) is 0 Å². The number of nitrogens with zero attached hydrogens (tertiary/aromatic N) is 4. The van der Waals surface area contributed by atoms with Crippen molar-refractivity contribution < 1.29 is 9.59 Å². The predicted octanol–water partition coefficient (Wildman–Crippen LogP) is 4.83. The maximum Gasteiger partial charge on any atom is 0.328 e. The molecule has 6 heteroatoms. The van der Waals surface area contributed by atoms with Gasteiger partial charge in [-0.05, 0) is 30.2 Å². The lowest BCUT2D eigenvalue weighted by atomic mass is 9.93. The number of carbonyl (C=O) groups excluding carboxylic acids is 2. The Balaban J connectivity index is 2.04. The molecule has 0 bridgehead atoms. The predicted molar refractivity (Wildman–Crippen MR) is 120 cm³/mol. The maximum absolute atomic E-state index is 13.3. The van der Waals surface area contributed by atoms with E-state index in [2.05, 4.69) is 13.0 Å². The number of para-hydroxylation sites is 2. The molecule has 2 heterocycles. The molecule has 0 fully saturated rings. The van der Waals surface area contributed by atoms with E-state index in [9.17, 15) is 9.59 Å². The Kier molecular flexibility index (Phi) is 4.80. The number of hydrogen-bond donors (Lipinski definition) is 0. The van der Waals surface area contributed by atoms with Crippen LogP contribution in [0.25, 0.3) is 10.9 Å². The lowest BCUT2D eigenvalue weighted by Crippen LogP contribution is -2.42. The van der Waals surface area contributed by atoms with Crippen LogP contribution in [-0.4, -0.2) is 54.6 Å². The van der Waals surface area contributed by atoms with Gasteiger partial charge in [0.1, 0.15) is 0 Å². The molecular formula is C24H28N4O2. The monoisotopic (exact) mass is 404 g/mol. The lowest BCUT2D eigenvalue weighted by Gasteiger charge is -2.32. The van der Waals surface area contributed by atoms with Gasteiger partial charge in [-0.3, -0.25) is 9.47 Å². The molecule has 1 aromatic heterocycles. The number of amides is 3. The van der Waals surface area contributed by atoms with Crippen molar-refractivity contribution in [3.8, 4) is 0 Å². The molecule has 0 N–H and O–H groups in total. The first-order chi connectivity index (χ1) is 14.3. The van der Waals surface area contributed by atoms with E-state index in [0.29, 0.717) is 0 Å². The zero-order chi connectivity index (χ0) is 21.7. The summed E-state index contributed by atoms with van der Waals surface area (Å²) in [6.07, 6.45) is 0. The summed E-state index contributed by atoms with van der Waals surface area (Å²) in [5, 5.41) is 1.03. The summed E-state index contributed by atoms with van der Waals surface area (Å²) in [4.78, 5) is 31.7. The van der Waals surface area contributed by atoms with Gasteiger partial charge in [-0.1, -0.05) is 43.3 Å². The normalized spacial score (nSPS) is 17.9. The van der Waals surface area contributed by atoms with Gasteiger partial charge < -0.3 is 9.80 Å². The maximum atomic E-state index is 13.3. The van der Waals surface area contributed by atoms with Crippen molar-refractivity contribution >= 4 is 28.7 Å². The Morgan fingerprint density at radius 3 is 2.13 bits per heavy atom. The van der Waals surface area contributed by atoms with Crippen molar-refractivity contribution in [3.05, 3.63) is 65.4 Å². The van der Waals surface area contributed by atoms with Crippen LogP contribution >= 0.6 is 0 Å². The molecule has 30 heavy (non-hydrogen) atoms. The SMILES string of the molecule is Cc1c(C2C(C)c3ccccc3N2C(=O)N(C)C)n(C(=O)N(C)C)c2ccccc12. The number of urea groups is 1. The van der Waals surface area contributed by atoms with Crippen LogP contribution < -0.4 is 4.90 Å². The molecular weight excluding hydrogens is 376 g/mol. The first-order valence-electron chi connectivity index (χ1n) is 10.2. The van der Waals surface area contributed by atoms with E-state index in [1.807, 2.05) is 54.3 Å². The third-order valence-corrected chi connectivity index (χ3v) is 6.06. The van der Waals surface area contributed by atoms with Gasteiger partial charge in [0.25, 0.3) is 0 Å². The topological polar surface area (TPSA) is 48.8 Å². The number of aromatic nitrogens is 1. The van der Waals surface area contributed by atoms with Crippen molar-refractivity contribution in [1.29, 1.82) is 0 Å².